The third-order valence-electron chi connectivity index (χ3n) is 3.07. The van der Waals surface area contributed by atoms with Crippen molar-refractivity contribution >= 4 is 41.5 Å². The highest BCUT2D eigenvalue weighted by Crippen LogP contribution is 2.24. The molecular formula is C16H18ClF2IN4O. The Kier molecular flexibility index (Phi) is 9.43. The third kappa shape index (κ3) is 7.39. The number of hydrogen-bond donors (Lipinski definition) is 2. The Balaban J connectivity index is 0.00000312. The summed E-state index contributed by atoms with van der Waals surface area (Å²) in [4.78, 5) is 8.27. The van der Waals surface area contributed by atoms with Crippen molar-refractivity contribution < 1.29 is 13.5 Å². The van der Waals surface area contributed by atoms with Gasteiger partial charge >= 0.3 is 6.61 Å². The molecule has 1 aromatic carbocycles. The van der Waals surface area contributed by atoms with E-state index in [2.05, 4.69) is 25.3 Å². The predicted octanol–water partition coefficient (Wildman–Crippen LogP) is 3.82. The molecule has 0 amide bonds. The maximum atomic E-state index is 12.5. The molecule has 0 atom stereocenters. The quantitative estimate of drug-likeness (QED) is 0.373. The second-order valence-corrected chi connectivity index (χ2v) is 5.17. The highest BCUT2D eigenvalue weighted by Gasteiger charge is 2.11. The van der Waals surface area contributed by atoms with Crippen LogP contribution in [0.2, 0.25) is 5.02 Å². The van der Waals surface area contributed by atoms with E-state index in [1.54, 1.807) is 19.3 Å². The Morgan fingerprint density at radius 3 is 2.64 bits per heavy atom. The van der Waals surface area contributed by atoms with E-state index in [0.717, 1.165) is 5.69 Å². The SMILES string of the molecule is CN=C(NCc1ccccn1)NCc1cc(Cl)ccc1OC(F)F.I. The Morgan fingerprint density at radius 1 is 1.24 bits per heavy atom. The van der Waals surface area contributed by atoms with Gasteiger partial charge in [0, 0.05) is 30.4 Å². The number of halogens is 4. The fraction of sp³-hybridized carbons (Fsp3) is 0.250. The van der Waals surface area contributed by atoms with E-state index in [9.17, 15) is 8.78 Å². The zero-order valence-electron chi connectivity index (χ0n) is 13.4. The summed E-state index contributed by atoms with van der Waals surface area (Å²) in [6.45, 7) is -2.19. The number of benzene rings is 1. The van der Waals surface area contributed by atoms with Crippen LogP contribution in [0, 0.1) is 0 Å². The first kappa shape index (κ1) is 21.4. The molecule has 2 rings (SSSR count). The van der Waals surface area contributed by atoms with Crippen molar-refractivity contribution in [3.63, 3.8) is 0 Å². The third-order valence-corrected chi connectivity index (χ3v) is 3.31. The predicted molar refractivity (Wildman–Crippen MR) is 105 cm³/mol. The fourth-order valence-corrected chi connectivity index (χ4v) is 2.17. The van der Waals surface area contributed by atoms with E-state index in [1.165, 1.54) is 12.1 Å². The molecule has 1 aromatic heterocycles. The lowest BCUT2D eigenvalue weighted by Gasteiger charge is -2.14. The van der Waals surface area contributed by atoms with Gasteiger partial charge in [0.15, 0.2) is 5.96 Å². The summed E-state index contributed by atoms with van der Waals surface area (Å²) >= 11 is 5.92. The number of aliphatic imine (C=N–C) groups is 1. The van der Waals surface area contributed by atoms with Crippen molar-refractivity contribution in [2.45, 2.75) is 19.7 Å². The first-order valence-electron chi connectivity index (χ1n) is 7.16. The fourth-order valence-electron chi connectivity index (χ4n) is 1.97. The van der Waals surface area contributed by atoms with Crippen molar-refractivity contribution in [3.05, 3.63) is 58.9 Å². The van der Waals surface area contributed by atoms with Crippen LogP contribution in [-0.4, -0.2) is 24.6 Å². The number of rotatable bonds is 6. The molecular weight excluding hydrogens is 465 g/mol. The van der Waals surface area contributed by atoms with E-state index in [0.29, 0.717) is 23.1 Å². The minimum Gasteiger partial charge on any atom is -0.434 e. The lowest BCUT2D eigenvalue weighted by Crippen LogP contribution is -2.36. The molecule has 0 aliphatic rings. The average Bonchev–Trinajstić information content (AvgIpc) is 2.58. The van der Waals surface area contributed by atoms with Gasteiger partial charge < -0.3 is 15.4 Å². The number of pyridine rings is 1. The van der Waals surface area contributed by atoms with Crippen LogP contribution in [0.3, 0.4) is 0 Å². The molecule has 25 heavy (non-hydrogen) atoms. The second-order valence-electron chi connectivity index (χ2n) is 4.73. The van der Waals surface area contributed by atoms with E-state index in [1.807, 2.05) is 18.2 Å². The molecule has 2 aromatic rings. The van der Waals surface area contributed by atoms with Crippen LogP contribution < -0.4 is 15.4 Å². The van der Waals surface area contributed by atoms with Gasteiger partial charge in [0.25, 0.3) is 0 Å². The van der Waals surface area contributed by atoms with Gasteiger partial charge in [0.2, 0.25) is 0 Å². The molecule has 0 unspecified atom stereocenters. The molecule has 0 radical (unpaired) electrons. The van der Waals surface area contributed by atoms with Crippen LogP contribution in [0.15, 0.2) is 47.6 Å². The summed E-state index contributed by atoms with van der Waals surface area (Å²) in [7, 11) is 1.61. The summed E-state index contributed by atoms with van der Waals surface area (Å²) < 4.78 is 29.4. The molecule has 0 saturated carbocycles. The molecule has 1 heterocycles. The van der Waals surface area contributed by atoms with E-state index in [-0.39, 0.29) is 36.3 Å². The smallest absolute Gasteiger partial charge is 0.387 e. The summed E-state index contributed by atoms with van der Waals surface area (Å²) in [5, 5.41) is 6.54. The van der Waals surface area contributed by atoms with E-state index in [4.69, 9.17) is 11.6 Å². The number of guanidine groups is 1. The van der Waals surface area contributed by atoms with Gasteiger partial charge in [0.1, 0.15) is 5.75 Å². The molecule has 0 fully saturated rings. The van der Waals surface area contributed by atoms with E-state index < -0.39 is 6.61 Å². The Morgan fingerprint density at radius 2 is 2.00 bits per heavy atom. The van der Waals surface area contributed by atoms with Crippen molar-refractivity contribution in [2.24, 2.45) is 4.99 Å². The molecule has 0 spiro atoms. The monoisotopic (exact) mass is 482 g/mol. The molecule has 9 heteroatoms. The Bertz CT molecular complexity index is 689. The van der Waals surface area contributed by atoms with Crippen molar-refractivity contribution in [1.82, 2.24) is 15.6 Å². The number of aromatic nitrogens is 1. The zero-order chi connectivity index (χ0) is 17.4. The van der Waals surface area contributed by atoms with E-state index >= 15 is 0 Å². The molecule has 136 valence electrons. The van der Waals surface area contributed by atoms with Crippen LogP contribution in [0.4, 0.5) is 8.78 Å². The maximum Gasteiger partial charge on any atom is 0.387 e. The van der Waals surface area contributed by atoms with Gasteiger partial charge in [-0.2, -0.15) is 8.78 Å². The topological polar surface area (TPSA) is 58.5 Å². The molecule has 0 saturated heterocycles. The number of ether oxygens (including phenoxy) is 1. The Labute approximate surface area is 166 Å². The van der Waals surface area contributed by atoms with Crippen LogP contribution in [0.25, 0.3) is 0 Å². The zero-order valence-corrected chi connectivity index (χ0v) is 16.5. The van der Waals surface area contributed by atoms with Gasteiger partial charge in [-0.05, 0) is 30.3 Å². The minimum absolute atomic E-state index is 0. The maximum absolute atomic E-state index is 12.5. The highest BCUT2D eigenvalue weighted by atomic mass is 127. The summed E-state index contributed by atoms with van der Waals surface area (Å²) in [5.74, 6) is 0.575. The molecule has 0 bridgehead atoms. The van der Waals surface area contributed by atoms with Crippen LogP contribution in [0.1, 0.15) is 11.3 Å². The summed E-state index contributed by atoms with van der Waals surface area (Å²) in [5.41, 5.74) is 1.36. The standard InChI is InChI=1S/C16H17ClF2N4O.HI/c1-20-16(23-10-13-4-2-3-7-21-13)22-9-11-8-12(17)5-6-14(11)24-15(18)19;/h2-8,15H,9-10H2,1H3,(H2,20,22,23);1H. The van der Waals surface area contributed by atoms with Crippen molar-refractivity contribution in [2.75, 3.05) is 7.05 Å². The number of alkyl halides is 2. The number of nitrogens with zero attached hydrogens (tertiary/aromatic N) is 2. The second kappa shape index (κ2) is 11.0. The van der Waals surface area contributed by atoms with Gasteiger partial charge in [-0.3, -0.25) is 9.98 Å². The summed E-state index contributed by atoms with van der Waals surface area (Å²) in [6.07, 6.45) is 1.70. The van der Waals surface area contributed by atoms with Crippen molar-refractivity contribution in [1.29, 1.82) is 0 Å². The summed E-state index contributed by atoms with van der Waals surface area (Å²) in [6, 6.07) is 10.1. The average molecular weight is 483 g/mol. The van der Waals surface area contributed by atoms with Gasteiger partial charge in [-0.25, -0.2) is 0 Å². The van der Waals surface area contributed by atoms with Crippen LogP contribution in [0.5, 0.6) is 5.75 Å². The highest BCUT2D eigenvalue weighted by molar-refractivity contribution is 14.0. The van der Waals surface area contributed by atoms with Crippen LogP contribution in [-0.2, 0) is 13.1 Å². The lowest BCUT2D eigenvalue weighted by atomic mass is 10.2. The van der Waals surface area contributed by atoms with Gasteiger partial charge in [-0.15, -0.1) is 24.0 Å². The minimum atomic E-state index is -2.90. The lowest BCUT2D eigenvalue weighted by molar-refractivity contribution is -0.0504. The molecule has 0 aliphatic carbocycles. The molecule has 5 nitrogen and oxygen atoms in total. The first-order chi connectivity index (χ1) is 11.6. The first-order valence-corrected chi connectivity index (χ1v) is 7.54. The van der Waals surface area contributed by atoms with Gasteiger partial charge in [0.05, 0.1) is 12.2 Å². The van der Waals surface area contributed by atoms with Crippen molar-refractivity contribution in [3.8, 4) is 5.75 Å². The molecule has 2 N–H and O–H groups in total. The van der Waals surface area contributed by atoms with Gasteiger partial charge in [-0.1, -0.05) is 17.7 Å². The largest absolute Gasteiger partial charge is 0.434 e. The van der Waals surface area contributed by atoms with Crippen LogP contribution >= 0.6 is 35.6 Å². The number of hydrogen-bond acceptors (Lipinski definition) is 3. The Hall–Kier alpha value is -1.68. The molecule has 0 aliphatic heterocycles. The normalized spacial score (nSPS) is 11.0. The number of nitrogens with one attached hydrogen (secondary N) is 2.